The maximum Gasteiger partial charge on any atom is 0.257 e. The molecular formula is C12H9BrFN3O. The van der Waals surface area contributed by atoms with Gasteiger partial charge in [0.15, 0.2) is 0 Å². The van der Waals surface area contributed by atoms with Crippen LogP contribution in [0.4, 0.5) is 15.8 Å². The van der Waals surface area contributed by atoms with E-state index in [1.807, 2.05) is 0 Å². The van der Waals surface area contributed by atoms with Crippen LogP contribution in [0.5, 0.6) is 0 Å². The lowest BCUT2D eigenvalue weighted by atomic mass is 10.1. The van der Waals surface area contributed by atoms with Crippen LogP contribution < -0.4 is 11.1 Å². The van der Waals surface area contributed by atoms with Gasteiger partial charge in [0.25, 0.3) is 5.91 Å². The molecule has 0 spiro atoms. The summed E-state index contributed by atoms with van der Waals surface area (Å²) >= 11 is 3.26. The van der Waals surface area contributed by atoms with Crippen molar-refractivity contribution in [2.75, 3.05) is 11.1 Å². The molecule has 1 heterocycles. The van der Waals surface area contributed by atoms with E-state index in [4.69, 9.17) is 5.73 Å². The van der Waals surface area contributed by atoms with E-state index < -0.39 is 11.7 Å². The van der Waals surface area contributed by atoms with E-state index in [9.17, 15) is 9.18 Å². The summed E-state index contributed by atoms with van der Waals surface area (Å²) < 4.78 is 13.5. The monoisotopic (exact) mass is 309 g/mol. The molecule has 92 valence electrons. The fourth-order valence-electron chi connectivity index (χ4n) is 1.41. The lowest BCUT2D eigenvalue weighted by Crippen LogP contribution is -2.14. The molecule has 0 atom stereocenters. The molecule has 3 N–H and O–H groups in total. The summed E-state index contributed by atoms with van der Waals surface area (Å²) in [6.07, 6.45) is 3.11. The Kier molecular flexibility index (Phi) is 3.57. The molecule has 6 heteroatoms. The second-order valence-corrected chi connectivity index (χ2v) is 4.40. The molecule has 1 aromatic carbocycles. The first-order chi connectivity index (χ1) is 8.58. The summed E-state index contributed by atoms with van der Waals surface area (Å²) in [5.41, 5.74) is 6.47. The third kappa shape index (κ3) is 2.65. The minimum absolute atomic E-state index is 0.0951. The number of nitrogens with zero attached hydrogens (tertiary/aromatic N) is 1. The molecule has 0 unspecified atom stereocenters. The number of benzene rings is 1. The zero-order chi connectivity index (χ0) is 13.1. The van der Waals surface area contributed by atoms with Crippen molar-refractivity contribution in [1.29, 1.82) is 0 Å². The van der Waals surface area contributed by atoms with Gasteiger partial charge in [-0.1, -0.05) is 0 Å². The Morgan fingerprint density at radius 3 is 2.83 bits per heavy atom. The van der Waals surface area contributed by atoms with Crippen LogP contribution in [0.2, 0.25) is 0 Å². The van der Waals surface area contributed by atoms with Crippen LogP contribution in [-0.2, 0) is 0 Å². The second-order valence-electron chi connectivity index (χ2n) is 3.54. The minimum atomic E-state index is -0.478. The molecule has 4 nitrogen and oxygen atoms in total. The number of hydrogen-bond acceptors (Lipinski definition) is 3. The molecule has 0 fully saturated rings. The fourth-order valence-corrected chi connectivity index (χ4v) is 1.76. The molecule has 2 aromatic rings. The summed E-state index contributed by atoms with van der Waals surface area (Å²) in [7, 11) is 0. The molecule has 0 aliphatic rings. The fraction of sp³-hybridized carbons (Fsp3) is 0. The van der Waals surface area contributed by atoms with Gasteiger partial charge in [-0.25, -0.2) is 4.39 Å². The Bertz CT molecular complexity index is 604. The van der Waals surface area contributed by atoms with E-state index in [1.54, 1.807) is 18.5 Å². The summed E-state index contributed by atoms with van der Waals surface area (Å²) in [6.45, 7) is 0. The SMILES string of the molecule is Nc1cc(F)ccc1C(=O)Nc1ccncc1Br. The number of amides is 1. The Balaban J connectivity index is 2.25. The van der Waals surface area contributed by atoms with E-state index >= 15 is 0 Å². The summed E-state index contributed by atoms with van der Waals surface area (Å²) in [5, 5.41) is 2.66. The number of carbonyl (C=O) groups is 1. The molecule has 18 heavy (non-hydrogen) atoms. The second kappa shape index (κ2) is 5.14. The zero-order valence-corrected chi connectivity index (χ0v) is 10.7. The third-order valence-electron chi connectivity index (χ3n) is 2.28. The number of nitrogens with two attached hydrogens (primary N) is 1. The van der Waals surface area contributed by atoms with Crippen molar-refractivity contribution in [2.24, 2.45) is 0 Å². The van der Waals surface area contributed by atoms with Crippen molar-refractivity contribution in [2.45, 2.75) is 0 Å². The molecule has 2 rings (SSSR count). The smallest absolute Gasteiger partial charge is 0.257 e. The maximum absolute atomic E-state index is 12.9. The summed E-state index contributed by atoms with van der Waals surface area (Å²) in [5.74, 6) is -0.881. The van der Waals surface area contributed by atoms with Crippen LogP contribution in [0, 0.1) is 5.82 Å². The van der Waals surface area contributed by atoms with E-state index in [2.05, 4.69) is 26.2 Å². The van der Waals surface area contributed by atoms with Gasteiger partial charge in [0.2, 0.25) is 0 Å². The molecule has 1 aromatic heterocycles. The molecule has 0 aliphatic heterocycles. The standard InChI is InChI=1S/C12H9BrFN3O/c13-9-6-16-4-3-11(9)17-12(18)8-2-1-7(14)5-10(8)15/h1-6H,15H2,(H,16,17,18). The van der Waals surface area contributed by atoms with Crippen molar-refractivity contribution in [3.05, 3.63) is 52.5 Å². The van der Waals surface area contributed by atoms with Gasteiger partial charge in [-0.05, 0) is 40.2 Å². The number of carbonyl (C=O) groups excluding carboxylic acids is 1. The number of nitrogens with one attached hydrogen (secondary N) is 1. The van der Waals surface area contributed by atoms with Crippen molar-refractivity contribution in [3.63, 3.8) is 0 Å². The highest BCUT2D eigenvalue weighted by Gasteiger charge is 2.11. The van der Waals surface area contributed by atoms with Crippen molar-refractivity contribution < 1.29 is 9.18 Å². The van der Waals surface area contributed by atoms with Gasteiger partial charge in [0, 0.05) is 18.1 Å². The van der Waals surface area contributed by atoms with Crippen LogP contribution in [0.3, 0.4) is 0 Å². The van der Waals surface area contributed by atoms with Crippen LogP contribution >= 0.6 is 15.9 Å². The van der Waals surface area contributed by atoms with Crippen molar-refractivity contribution >= 4 is 33.2 Å². The zero-order valence-electron chi connectivity index (χ0n) is 9.15. The Labute approximate surface area is 111 Å². The van der Waals surface area contributed by atoms with E-state index in [-0.39, 0.29) is 11.3 Å². The van der Waals surface area contributed by atoms with Gasteiger partial charge in [0.1, 0.15) is 5.82 Å². The number of aromatic nitrogens is 1. The highest BCUT2D eigenvalue weighted by atomic mass is 79.9. The van der Waals surface area contributed by atoms with Crippen molar-refractivity contribution in [1.82, 2.24) is 4.98 Å². The van der Waals surface area contributed by atoms with Crippen molar-refractivity contribution in [3.8, 4) is 0 Å². The molecule has 0 saturated carbocycles. The molecule has 0 radical (unpaired) electrons. The predicted molar refractivity (Wildman–Crippen MR) is 70.7 cm³/mol. The number of hydrogen-bond donors (Lipinski definition) is 2. The Hall–Kier alpha value is -1.95. The van der Waals surface area contributed by atoms with Crippen LogP contribution in [0.25, 0.3) is 0 Å². The van der Waals surface area contributed by atoms with Gasteiger partial charge >= 0.3 is 0 Å². The summed E-state index contributed by atoms with van der Waals surface area (Å²) in [4.78, 5) is 15.8. The largest absolute Gasteiger partial charge is 0.398 e. The maximum atomic E-state index is 12.9. The number of pyridine rings is 1. The van der Waals surface area contributed by atoms with E-state index in [0.717, 1.165) is 6.07 Å². The van der Waals surface area contributed by atoms with Gasteiger partial charge in [-0.3, -0.25) is 9.78 Å². The lowest BCUT2D eigenvalue weighted by Gasteiger charge is -2.08. The van der Waals surface area contributed by atoms with Gasteiger partial charge in [-0.15, -0.1) is 0 Å². The molecule has 0 aliphatic carbocycles. The topological polar surface area (TPSA) is 68.0 Å². The van der Waals surface area contributed by atoms with Crippen LogP contribution in [0.15, 0.2) is 41.1 Å². The van der Waals surface area contributed by atoms with Crippen LogP contribution in [-0.4, -0.2) is 10.9 Å². The molecular weight excluding hydrogens is 301 g/mol. The number of anilines is 2. The van der Waals surface area contributed by atoms with Crippen LogP contribution in [0.1, 0.15) is 10.4 Å². The third-order valence-corrected chi connectivity index (χ3v) is 2.91. The van der Waals surface area contributed by atoms with Gasteiger partial charge < -0.3 is 11.1 Å². The quantitative estimate of drug-likeness (QED) is 0.838. The molecule has 0 saturated heterocycles. The average Bonchev–Trinajstić information content (AvgIpc) is 2.32. The summed E-state index contributed by atoms with van der Waals surface area (Å²) in [6, 6.07) is 5.28. The highest BCUT2D eigenvalue weighted by Crippen LogP contribution is 2.22. The molecule has 1 amide bonds. The minimum Gasteiger partial charge on any atom is -0.398 e. The number of halogens is 2. The first-order valence-electron chi connectivity index (χ1n) is 5.04. The Morgan fingerprint density at radius 1 is 1.39 bits per heavy atom. The first kappa shape index (κ1) is 12.5. The van der Waals surface area contributed by atoms with E-state index in [1.165, 1.54) is 12.1 Å². The number of rotatable bonds is 2. The highest BCUT2D eigenvalue weighted by molar-refractivity contribution is 9.10. The predicted octanol–water partition coefficient (Wildman–Crippen LogP) is 2.82. The molecule has 0 bridgehead atoms. The van der Waals surface area contributed by atoms with Gasteiger partial charge in [0.05, 0.1) is 15.7 Å². The Morgan fingerprint density at radius 2 is 2.17 bits per heavy atom. The average molecular weight is 310 g/mol. The number of nitrogen functional groups attached to an aromatic ring is 1. The normalized spacial score (nSPS) is 10.1. The lowest BCUT2D eigenvalue weighted by molar-refractivity contribution is 0.102. The first-order valence-corrected chi connectivity index (χ1v) is 5.83. The van der Waals surface area contributed by atoms with E-state index in [0.29, 0.717) is 10.2 Å². The van der Waals surface area contributed by atoms with Gasteiger partial charge in [-0.2, -0.15) is 0 Å².